The lowest BCUT2D eigenvalue weighted by Crippen LogP contribution is -2.44. The van der Waals surface area contributed by atoms with Crippen molar-refractivity contribution in [2.45, 2.75) is 19.4 Å². The molecular weight excluding hydrogens is 355 g/mol. The Balaban J connectivity index is 1.91. The molecular formula is C18H23FN4O2S. The molecule has 0 saturated carbocycles. The van der Waals surface area contributed by atoms with Crippen molar-refractivity contribution < 1.29 is 14.3 Å². The molecule has 1 aromatic heterocycles. The highest BCUT2D eigenvalue weighted by atomic mass is 32.1. The van der Waals surface area contributed by atoms with Gasteiger partial charge in [0.05, 0.1) is 6.54 Å². The summed E-state index contributed by atoms with van der Waals surface area (Å²) in [5.41, 5.74) is 0.275. The van der Waals surface area contributed by atoms with Crippen molar-refractivity contribution in [1.29, 1.82) is 0 Å². The summed E-state index contributed by atoms with van der Waals surface area (Å²) >= 11 is 1.52. The Hall–Kier alpha value is -2.45. The SMILES string of the molecule is CCNC(=NCC(=O)Nc1ccc(F)cc1)NCC(C)(O)c1ccsc1. The summed E-state index contributed by atoms with van der Waals surface area (Å²) in [4.78, 5) is 16.2. The number of halogens is 1. The van der Waals surface area contributed by atoms with Crippen molar-refractivity contribution in [2.75, 3.05) is 25.0 Å². The topological polar surface area (TPSA) is 85.8 Å². The first-order chi connectivity index (χ1) is 12.4. The maximum atomic E-state index is 12.9. The van der Waals surface area contributed by atoms with E-state index in [0.29, 0.717) is 18.2 Å². The van der Waals surface area contributed by atoms with Crippen molar-refractivity contribution in [3.8, 4) is 0 Å². The molecule has 1 amide bonds. The van der Waals surface area contributed by atoms with Crippen LogP contribution in [0.5, 0.6) is 0 Å². The number of nitrogens with one attached hydrogen (secondary N) is 3. The summed E-state index contributed by atoms with van der Waals surface area (Å²) < 4.78 is 12.9. The molecule has 0 radical (unpaired) electrons. The fourth-order valence-corrected chi connectivity index (χ4v) is 2.94. The van der Waals surface area contributed by atoms with Gasteiger partial charge >= 0.3 is 0 Å². The maximum absolute atomic E-state index is 12.9. The molecule has 0 aliphatic carbocycles. The Labute approximate surface area is 156 Å². The minimum Gasteiger partial charge on any atom is -0.384 e. The lowest BCUT2D eigenvalue weighted by Gasteiger charge is -2.24. The molecule has 0 saturated heterocycles. The van der Waals surface area contributed by atoms with Crippen LogP contribution in [0.2, 0.25) is 0 Å². The molecule has 26 heavy (non-hydrogen) atoms. The van der Waals surface area contributed by atoms with E-state index >= 15 is 0 Å². The first-order valence-corrected chi connectivity index (χ1v) is 9.17. The predicted octanol–water partition coefficient (Wildman–Crippen LogP) is 2.29. The van der Waals surface area contributed by atoms with E-state index in [1.54, 1.807) is 6.92 Å². The van der Waals surface area contributed by atoms with Gasteiger partial charge in [-0.05, 0) is 60.5 Å². The number of aliphatic imine (C=N–C) groups is 1. The minimum absolute atomic E-state index is 0.104. The van der Waals surface area contributed by atoms with E-state index in [1.165, 1.54) is 35.6 Å². The Bertz CT molecular complexity index is 730. The van der Waals surface area contributed by atoms with Crippen molar-refractivity contribution in [2.24, 2.45) is 4.99 Å². The van der Waals surface area contributed by atoms with Gasteiger partial charge < -0.3 is 21.1 Å². The number of nitrogens with zero attached hydrogens (tertiary/aromatic N) is 1. The van der Waals surface area contributed by atoms with Crippen molar-refractivity contribution in [3.63, 3.8) is 0 Å². The first-order valence-electron chi connectivity index (χ1n) is 8.23. The summed E-state index contributed by atoms with van der Waals surface area (Å²) in [7, 11) is 0. The van der Waals surface area contributed by atoms with E-state index in [1.807, 2.05) is 23.8 Å². The molecule has 8 heteroatoms. The Morgan fingerprint density at radius 2 is 2.00 bits per heavy atom. The zero-order chi connectivity index (χ0) is 19.0. The van der Waals surface area contributed by atoms with Gasteiger partial charge in [-0.3, -0.25) is 4.79 Å². The Morgan fingerprint density at radius 3 is 2.62 bits per heavy atom. The molecule has 1 heterocycles. The van der Waals surface area contributed by atoms with Crippen LogP contribution >= 0.6 is 11.3 Å². The van der Waals surface area contributed by atoms with Crippen LogP contribution < -0.4 is 16.0 Å². The first kappa shape index (κ1) is 19.9. The van der Waals surface area contributed by atoms with Gasteiger partial charge in [0.25, 0.3) is 0 Å². The average Bonchev–Trinajstić information content (AvgIpc) is 3.15. The number of benzene rings is 1. The van der Waals surface area contributed by atoms with Crippen LogP contribution in [0.1, 0.15) is 19.4 Å². The quantitative estimate of drug-likeness (QED) is 0.440. The summed E-state index contributed by atoms with van der Waals surface area (Å²) in [6.07, 6.45) is 0. The third-order valence-corrected chi connectivity index (χ3v) is 4.28. The standard InChI is InChI=1S/C18H23FN4O2S/c1-3-20-17(22-12-18(2,25)13-8-9-26-11-13)21-10-16(24)23-15-6-4-14(19)5-7-15/h4-9,11,25H,3,10,12H2,1-2H3,(H,23,24)(H2,20,21,22). The third-order valence-electron chi connectivity index (χ3n) is 3.60. The molecule has 0 bridgehead atoms. The number of hydrogen-bond acceptors (Lipinski definition) is 4. The Morgan fingerprint density at radius 1 is 1.27 bits per heavy atom. The van der Waals surface area contributed by atoms with Gasteiger partial charge in [0.1, 0.15) is 18.0 Å². The van der Waals surface area contributed by atoms with Gasteiger partial charge in [0, 0.05) is 12.2 Å². The molecule has 1 aromatic carbocycles. The molecule has 0 fully saturated rings. The average molecular weight is 378 g/mol. The smallest absolute Gasteiger partial charge is 0.246 e. The minimum atomic E-state index is -1.05. The second kappa shape index (κ2) is 9.30. The van der Waals surface area contributed by atoms with E-state index in [4.69, 9.17) is 0 Å². The van der Waals surface area contributed by atoms with E-state index in [9.17, 15) is 14.3 Å². The van der Waals surface area contributed by atoms with E-state index in [-0.39, 0.29) is 24.8 Å². The maximum Gasteiger partial charge on any atom is 0.246 e. The monoisotopic (exact) mass is 378 g/mol. The van der Waals surface area contributed by atoms with Crippen LogP contribution in [-0.4, -0.2) is 36.6 Å². The summed E-state index contributed by atoms with van der Waals surface area (Å²) in [5.74, 6) is -0.256. The molecule has 6 nitrogen and oxygen atoms in total. The van der Waals surface area contributed by atoms with Gasteiger partial charge in [-0.2, -0.15) is 11.3 Å². The number of thiophene rings is 1. The number of rotatable bonds is 7. The number of guanidine groups is 1. The van der Waals surface area contributed by atoms with Crippen molar-refractivity contribution >= 4 is 28.9 Å². The summed E-state index contributed by atoms with van der Waals surface area (Å²) in [6, 6.07) is 7.39. The van der Waals surface area contributed by atoms with E-state index in [2.05, 4.69) is 20.9 Å². The highest BCUT2D eigenvalue weighted by Gasteiger charge is 2.23. The number of amides is 1. The number of aliphatic hydroxyl groups is 1. The van der Waals surface area contributed by atoms with Gasteiger partial charge in [0.2, 0.25) is 5.91 Å². The summed E-state index contributed by atoms with van der Waals surface area (Å²) in [6.45, 7) is 4.38. The van der Waals surface area contributed by atoms with Gasteiger partial charge in [-0.1, -0.05) is 0 Å². The predicted molar refractivity (Wildman–Crippen MR) is 103 cm³/mol. The largest absolute Gasteiger partial charge is 0.384 e. The van der Waals surface area contributed by atoms with Crippen LogP contribution in [0.25, 0.3) is 0 Å². The van der Waals surface area contributed by atoms with Crippen LogP contribution in [0, 0.1) is 5.82 Å². The lowest BCUT2D eigenvalue weighted by molar-refractivity contribution is -0.114. The highest BCUT2D eigenvalue weighted by Crippen LogP contribution is 2.21. The molecule has 0 aliphatic rings. The molecule has 140 valence electrons. The molecule has 0 spiro atoms. The van der Waals surface area contributed by atoms with Crippen LogP contribution in [0.3, 0.4) is 0 Å². The molecule has 0 aliphatic heterocycles. The fraction of sp³-hybridized carbons (Fsp3) is 0.333. The Kier molecular flexibility index (Phi) is 7.11. The van der Waals surface area contributed by atoms with Gasteiger partial charge in [-0.15, -0.1) is 0 Å². The van der Waals surface area contributed by atoms with Crippen LogP contribution in [0.4, 0.5) is 10.1 Å². The van der Waals surface area contributed by atoms with Gasteiger partial charge in [-0.25, -0.2) is 9.38 Å². The number of anilines is 1. The zero-order valence-corrected chi connectivity index (χ0v) is 15.6. The van der Waals surface area contributed by atoms with E-state index < -0.39 is 5.60 Å². The number of hydrogen-bond donors (Lipinski definition) is 4. The van der Waals surface area contributed by atoms with Crippen LogP contribution in [-0.2, 0) is 10.4 Å². The lowest BCUT2D eigenvalue weighted by atomic mass is 9.99. The molecule has 2 aromatic rings. The molecule has 2 rings (SSSR count). The second-order valence-corrected chi connectivity index (χ2v) is 6.67. The third kappa shape index (κ3) is 6.12. The van der Waals surface area contributed by atoms with Crippen molar-refractivity contribution in [3.05, 3.63) is 52.5 Å². The fourth-order valence-electron chi connectivity index (χ4n) is 2.16. The van der Waals surface area contributed by atoms with Gasteiger partial charge in [0.15, 0.2) is 5.96 Å². The molecule has 1 unspecified atom stereocenters. The van der Waals surface area contributed by atoms with Crippen molar-refractivity contribution in [1.82, 2.24) is 10.6 Å². The zero-order valence-electron chi connectivity index (χ0n) is 14.8. The molecule has 4 N–H and O–H groups in total. The van der Waals surface area contributed by atoms with Crippen LogP contribution in [0.15, 0.2) is 46.1 Å². The van der Waals surface area contributed by atoms with E-state index in [0.717, 1.165) is 5.56 Å². The normalized spacial score (nSPS) is 13.8. The second-order valence-electron chi connectivity index (χ2n) is 5.89. The summed E-state index contributed by atoms with van der Waals surface area (Å²) in [5, 5.41) is 23.0. The number of carbonyl (C=O) groups is 1. The molecule has 1 atom stereocenters. The number of carbonyl (C=O) groups excluding carboxylic acids is 1. The highest BCUT2D eigenvalue weighted by molar-refractivity contribution is 7.08.